The average Bonchev–Trinajstić information content (AvgIpc) is 2.38. The lowest BCUT2D eigenvalue weighted by Crippen LogP contribution is -1.98. The van der Waals surface area contributed by atoms with Crippen LogP contribution in [0, 0.1) is 0 Å². The van der Waals surface area contributed by atoms with E-state index in [2.05, 4.69) is 12.2 Å². The normalized spacial score (nSPS) is 10.4. The summed E-state index contributed by atoms with van der Waals surface area (Å²) < 4.78 is 15.8. The average molecular weight is 237 g/mol. The van der Waals surface area contributed by atoms with Gasteiger partial charge in [-0.3, -0.25) is 0 Å². The minimum Gasteiger partial charge on any atom is -0.496 e. The number of methoxy groups -OCH3 is 3. The van der Waals surface area contributed by atoms with Crippen LogP contribution in [-0.4, -0.2) is 21.3 Å². The maximum Gasteiger partial charge on any atom is 0.149 e. The van der Waals surface area contributed by atoms with Crippen molar-refractivity contribution in [2.75, 3.05) is 26.6 Å². The number of allylic oxidation sites excluding steroid dienone is 1. The Balaban J connectivity index is 3.10. The molecule has 0 aliphatic carbocycles. The molecule has 94 valence electrons. The Bertz CT molecular complexity index is 363. The summed E-state index contributed by atoms with van der Waals surface area (Å²) in [5.41, 5.74) is 0.792. The molecule has 0 bridgehead atoms. The van der Waals surface area contributed by atoms with E-state index in [4.69, 9.17) is 14.2 Å². The van der Waals surface area contributed by atoms with Crippen molar-refractivity contribution in [3.8, 4) is 17.2 Å². The number of anilines is 1. The molecule has 1 aromatic carbocycles. The summed E-state index contributed by atoms with van der Waals surface area (Å²) in [5.74, 6) is 2.06. The van der Waals surface area contributed by atoms with Gasteiger partial charge < -0.3 is 19.5 Å². The summed E-state index contributed by atoms with van der Waals surface area (Å²) >= 11 is 0. The molecule has 0 unspecified atom stereocenters. The summed E-state index contributed by atoms with van der Waals surface area (Å²) in [7, 11) is 4.84. The maximum absolute atomic E-state index is 5.30. The van der Waals surface area contributed by atoms with Crippen LogP contribution in [0.1, 0.15) is 13.3 Å². The van der Waals surface area contributed by atoms with E-state index >= 15 is 0 Å². The molecule has 0 fully saturated rings. The molecule has 0 aliphatic rings. The Morgan fingerprint density at radius 1 is 1.06 bits per heavy atom. The Morgan fingerprint density at radius 3 is 2.06 bits per heavy atom. The van der Waals surface area contributed by atoms with Gasteiger partial charge in [0.05, 0.1) is 21.3 Å². The first-order chi connectivity index (χ1) is 8.26. The van der Waals surface area contributed by atoms with Gasteiger partial charge in [-0.25, -0.2) is 0 Å². The molecule has 0 aromatic heterocycles. The minimum atomic E-state index is 0.682. The standard InChI is InChI=1S/C13H19NO3/c1-5-6-7-14-13-11(16-3)8-10(15-2)9-12(13)17-4/h6-9,14H,5H2,1-4H3. The topological polar surface area (TPSA) is 39.7 Å². The smallest absolute Gasteiger partial charge is 0.149 e. The van der Waals surface area contributed by atoms with Crippen molar-refractivity contribution in [1.82, 2.24) is 0 Å². The highest BCUT2D eigenvalue weighted by Crippen LogP contribution is 2.38. The van der Waals surface area contributed by atoms with E-state index in [1.807, 2.05) is 24.4 Å². The molecule has 4 nitrogen and oxygen atoms in total. The summed E-state index contributed by atoms with van der Waals surface area (Å²) in [6, 6.07) is 3.62. The molecule has 0 heterocycles. The molecule has 0 radical (unpaired) electrons. The molecule has 0 saturated carbocycles. The van der Waals surface area contributed by atoms with E-state index in [1.165, 1.54) is 0 Å². The van der Waals surface area contributed by atoms with Gasteiger partial charge in [0.15, 0.2) is 0 Å². The molecule has 0 atom stereocenters. The fourth-order valence-corrected chi connectivity index (χ4v) is 1.41. The zero-order chi connectivity index (χ0) is 12.7. The van der Waals surface area contributed by atoms with Gasteiger partial charge in [-0.1, -0.05) is 13.0 Å². The highest BCUT2D eigenvalue weighted by molar-refractivity contribution is 5.69. The maximum atomic E-state index is 5.30. The molecular weight excluding hydrogens is 218 g/mol. The van der Waals surface area contributed by atoms with E-state index in [9.17, 15) is 0 Å². The van der Waals surface area contributed by atoms with Crippen LogP contribution in [0.4, 0.5) is 5.69 Å². The third-order valence-electron chi connectivity index (χ3n) is 2.30. The molecule has 1 N–H and O–H groups in total. The van der Waals surface area contributed by atoms with Gasteiger partial charge in [0.2, 0.25) is 0 Å². The van der Waals surface area contributed by atoms with Gasteiger partial charge in [-0.05, 0) is 12.6 Å². The zero-order valence-electron chi connectivity index (χ0n) is 10.7. The van der Waals surface area contributed by atoms with Crippen molar-refractivity contribution >= 4 is 5.69 Å². The van der Waals surface area contributed by atoms with Gasteiger partial charge in [-0.2, -0.15) is 0 Å². The lowest BCUT2D eigenvalue weighted by Gasteiger charge is -2.14. The first-order valence-corrected chi connectivity index (χ1v) is 5.48. The molecule has 17 heavy (non-hydrogen) atoms. The van der Waals surface area contributed by atoms with E-state index in [0.717, 1.165) is 12.1 Å². The summed E-state index contributed by atoms with van der Waals surface area (Å²) in [6.45, 7) is 2.07. The van der Waals surface area contributed by atoms with Gasteiger partial charge in [0.25, 0.3) is 0 Å². The first kappa shape index (κ1) is 13.2. The molecule has 0 aliphatic heterocycles. The third-order valence-corrected chi connectivity index (χ3v) is 2.30. The predicted molar refractivity (Wildman–Crippen MR) is 69.2 cm³/mol. The van der Waals surface area contributed by atoms with Crippen molar-refractivity contribution in [3.63, 3.8) is 0 Å². The quantitative estimate of drug-likeness (QED) is 0.825. The predicted octanol–water partition coefficient (Wildman–Crippen LogP) is 3.05. The summed E-state index contributed by atoms with van der Waals surface area (Å²) in [6.07, 6.45) is 4.85. The van der Waals surface area contributed by atoms with Crippen LogP contribution in [-0.2, 0) is 0 Å². The fourth-order valence-electron chi connectivity index (χ4n) is 1.41. The summed E-state index contributed by atoms with van der Waals surface area (Å²) in [4.78, 5) is 0. The number of ether oxygens (including phenoxy) is 3. The molecule has 0 spiro atoms. The van der Waals surface area contributed by atoms with Crippen LogP contribution in [0.2, 0.25) is 0 Å². The Morgan fingerprint density at radius 2 is 1.65 bits per heavy atom. The largest absolute Gasteiger partial charge is 0.496 e. The van der Waals surface area contributed by atoms with E-state index in [1.54, 1.807) is 21.3 Å². The second-order valence-electron chi connectivity index (χ2n) is 3.36. The Kier molecular flexibility index (Phi) is 5.20. The molecule has 1 aromatic rings. The van der Waals surface area contributed by atoms with Crippen LogP contribution in [0.15, 0.2) is 24.4 Å². The summed E-state index contributed by atoms with van der Waals surface area (Å²) in [5, 5.41) is 3.15. The molecule has 4 heteroatoms. The van der Waals surface area contributed by atoms with E-state index in [0.29, 0.717) is 17.2 Å². The van der Waals surface area contributed by atoms with Crippen LogP contribution in [0.25, 0.3) is 0 Å². The lowest BCUT2D eigenvalue weighted by atomic mass is 10.2. The minimum absolute atomic E-state index is 0.682. The van der Waals surface area contributed by atoms with E-state index in [-0.39, 0.29) is 0 Å². The van der Waals surface area contributed by atoms with E-state index < -0.39 is 0 Å². The van der Waals surface area contributed by atoms with Crippen molar-refractivity contribution in [3.05, 3.63) is 24.4 Å². The second kappa shape index (κ2) is 6.68. The van der Waals surface area contributed by atoms with Crippen molar-refractivity contribution in [2.24, 2.45) is 0 Å². The van der Waals surface area contributed by atoms with Gasteiger partial charge in [-0.15, -0.1) is 0 Å². The molecular formula is C13H19NO3. The van der Waals surface area contributed by atoms with Crippen molar-refractivity contribution < 1.29 is 14.2 Å². The monoisotopic (exact) mass is 237 g/mol. The van der Waals surface area contributed by atoms with Gasteiger partial charge >= 0.3 is 0 Å². The number of hydrogen-bond acceptors (Lipinski definition) is 4. The lowest BCUT2D eigenvalue weighted by molar-refractivity contribution is 0.378. The highest BCUT2D eigenvalue weighted by atomic mass is 16.5. The number of nitrogens with one attached hydrogen (secondary N) is 1. The first-order valence-electron chi connectivity index (χ1n) is 5.48. The van der Waals surface area contributed by atoms with Crippen LogP contribution in [0.3, 0.4) is 0 Å². The van der Waals surface area contributed by atoms with Crippen LogP contribution in [0.5, 0.6) is 17.2 Å². The molecule has 0 saturated heterocycles. The zero-order valence-corrected chi connectivity index (χ0v) is 10.7. The fraction of sp³-hybridized carbons (Fsp3) is 0.385. The van der Waals surface area contributed by atoms with Crippen molar-refractivity contribution in [2.45, 2.75) is 13.3 Å². The van der Waals surface area contributed by atoms with Crippen LogP contribution >= 0.6 is 0 Å². The Hall–Kier alpha value is -1.84. The van der Waals surface area contributed by atoms with Crippen LogP contribution < -0.4 is 19.5 Å². The van der Waals surface area contributed by atoms with Gasteiger partial charge in [0, 0.05) is 12.1 Å². The second-order valence-corrected chi connectivity index (χ2v) is 3.36. The Labute approximate surface area is 102 Å². The number of hydrogen-bond donors (Lipinski definition) is 1. The number of rotatable bonds is 6. The third kappa shape index (κ3) is 3.31. The number of benzene rings is 1. The SMILES string of the molecule is CCC=CNc1c(OC)cc(OC)cc1OC. The molecule has 0 amide bonds. The highest BCUT2D eigenvalue weighted by Gasteiger charge is 2.11. The molecule has 1 rings (SSSR count). The van der Waals surface area contributed by atoms with Crippen molar-refractivity contribution in [1.29, 1.82) is 0 Å². The van der Waals surface area contributed by atoms with Gasteiger partial charge in [0.1, 0.15) is 22.9 Å².